The predicted octanol–water partition coefficient (Wildman–Crippen LogP) is 4.23. The molecule has 0 radical (unpaired) electrons. The number of carbonyl (C=O) groups is 2. The second-order valence-corrected chi connectivity index (χ2v) is 7.43. The minimum Gasteiger partial charge on any atom is -0.451 e. The molecule has 0 bridgehead atoms. The number of rotatable bonds is 5. The molecule has 2 heterocycles. The molecule has 2 amide bonds. The van der Waals surface area contributed by atoms with Crippen LogP contribution in [0.4, 0.5) is 11.4 Å². The van der Waals surface area contributed by atoms with Gasteiger partial charge in [0.25, 0.3) is 17.5 Å². The molecule has 1 N–H and O–H groups in total. The lowest BCUT2D eigenvalue weighted by Crippen LogP contribution is -2.40. The van der Waals surface area contributed by atoms with E-state index in [2.05, 4.69) is 5.32 Å². The molecule has 0 atom stereocenters. The molecule has 1 aromatic heterocycles. The van der Waals surface area contributed by atoms with Gasteiger partial charge in [-0.05, 0) is 42.5 Å². The molecular weight excluding hydrogens is 438 g/mol. The van der Waals surface area contributed by atoms with Gasteiger partial charge in [-0.2, -0.15) is 0 Å². The van der Waals surface area contributed by atoms with E-state index >= 15 is 0 Å². The Morgan fingerprint density at radius 3 is 2.41 bits per heavy atom. The minimum atomic E-state index is -0.545. The first-order valence-corrected chi connectivity index (χ1v) is 10.1. The number of nitrogens with zero attached hydrogens (tertiary/aromatic N) is 2. The number of ether oxygens (including phenoxy) is 1. The highest BCUT2D eigenvalue weighted by Gasteiger charge is 2.19. The molecule has 1 aliphatic heterocycles. The van der Waals surface area contributed by atoms with Gasteiger partial charge in [0, 0.05) is 42.0 Å². The van der Waals surface area contributed by atoms with Crippen LogP contribution in [0.1, 0.15) is 20.9 Å². The number of amides is 2. The van der Waals surface area contributed by atoms with Gasteiger partial charge in [-0.3, -0.25) is 19.7 Å². The van der Waals surface area contributed by atoms with Crippen LogP contribution in [0.5, 0.6) is 0 Å². The highest BCUT2D eigenvalue weighted by atomic mass is 35.5. The Balaban J connectivity index is 1.43. The maximum Gasteiger partial charge on any atom is 0.291 e. The van der Waals surface area contributed by atoms with Gasteiger partial charge in [0.1, 0.15) is 5.76 Å². The van der Waals surface area contributed by atoms with Crippen molar-refractivity contribution in [2.45, 2.75) is 0 Å². The van der Waals surface area contributed by atoms with Gasteiger partial charge in [0.2, 0.25) is 0 Å². The van der Waals surface area contributed by atoms with Crippen LogP contribution in [-0.4, -0.2) is 47.9 Å². The third-order valence-corrected chi connectivity index (χ3v) is 5.26. The van der Waals surface area contributed by atoms with Crippen LogP contribution in [0.15, 0.2) is 59.0 Å². The monoisotopic (exact) mass is 455 g/mol. The van der Waals surface area contributed by atoms with E-state index in [1.807, 2.05) is 0 Å². The Labute approximate surface area is 187 Å². The standard InChI is InChI=1S/C22H18ClN3O6/c23-18-13-16(26(29)30)5-6-17(18)19-7-8-20(32-19)21(27)24-15-3-1-14(2-4-15)22(28)25-9-11-31-12-10-25/h1-8,13H,9-12H2,(H,24,27). The topological polar surface area (TPSA) is 115 Å². The number of nitrogens with one attached hydrogen (secondary N) is 1. The number of nitro benzene ring substituents is 1. The van der Waals surface area contributed by atoms with Gasteiger partial charge in [-0.1, -0.05) is 11.6 Å². The Bertz CT molecular complexity index is 1170. The number of anilines is 1. The van der Waals surface area contributed by atoms with E-state index in [0.29, 0.717) is 48.9 Å². The normalized spacial score (nSPS) is 13.6. The fourth-order valence-electron chi connectivity index (χ4n) is 3.26. The zero-order chi connectivity index (χ0) is 22.7. The second-order valence-electron chi connectivity index (χ2n) is 7.02. The average Bonchev–Trinajstić information content (AvgIpc) is 3.30. The number of hydrogen-bond donors (Lipinski definition) is 1. The van der Waals surface area contributed by atoms with Crippen molar-refractivity contribution < 1.29 is 23.7 Å². The third kappa shape index (κ3) is 4.63. The maximum atomic E-state index is 12.5. The van der Waals surface area contributed by atoms with Crippen LogP contribution < -0.4 is 5.32 Å². The molecule has 1 aliphatic rings. The highest BCUT2D eigenvalue weighted by molar-refractivity contribution is 6.33. The van der Waals surface area contributed by atoms with Crippen LogP contribution in [-0.2, 0) is 4.74 Å². The molecule has 0 unspecified atom stereocenters. The summed E-state index contributed by atoms with van der Waals surface area (Å²) >= 11 is 6.12. The molecular formula is C22H18ClN3O6. The van der Waals surface area contributed by atoms with Crippen molar-refractivity contribution in [3.05, 3.63) is 81.1 Å². The molecule has 0 aliphatic carbocycles. The zero-order valence-electron chi connectivity index (χ0n) is 16.7. The van der Waals surface area contributed by atoms with Gasteiger partial charge in [0.15, 0.2) is 5.76 Å². The number of morpholine rings is 1. The van der Waals surface area contributed by atoms with Gasteiger partial charge in [0.05, 0.1) is 23.2 Å². The second kappa shape index (κ2) is 9.21. The van der Waals surface area contributed by atoms with Gasteiger partial charge >= 0.3 is 0 Å². The minimum absolute atomic E-state index is 0.0443. The average molecular weight is 456 g/mol. The number of carbonyl (C=O) groups excluding carboxylic acids is 2. The third-order valence-electron chi connectivity index (χ3n) is 4.95. The summed E-state index contributed by atoms with van der Waals surface area (Å²) in [5.41, 5.74) is 1.32. The molecule has 9 nitrogen and oxygen atoms in total. The summed E-state index contributed by atoms with van der Waals surface area (Å²) in [6.45, 7) is 2.15. The van der Waals surface area contributed by atoms with E-state index in [1.165, 1.54) is 24.3 Å². The first-order chi connectivity index (χ1) is 15.4. The SMILES string of the molecule is O=C(Nc1ccc(C(=O)N2CCOCC2)cc1)c1ccc(-c2ccc([N+](=O)[O-])cc2Cl)o1. The van der Waals surface area contributed by atoms with Crippen molar-refractivity contribution in [2.75, 3.05) is 31.6 Å². The Morgan fingerprint density at radius 1 is 1.03 bits per heavy atom. The summed E-state index contributed by atoms with van der Waals surface area (Å²) in [5, 5.41) is 13.7. The van der Waals surface area contributed by atoms with E-state index in [-0.39, 0.29) is 22.4 Å². The molecule has 0 spiro atoms. The summed E-state index contributed by atoms with van der Waals surface area (Å²) in [7, 11) is 0. The van der Waals surface area contributed by atoms with Crippen molar-refractivity contribution >= 4 is 34.8 Å². The molecule has 32 heavy (non-hydrogen) atoms. The number of hydrogen-bond acceptors (Lipinski definition) is 6. The summed E-state index contributed by atoms with van der Waals surface area (Å²) in [4.78, 5) is 37.1. The van der Waals surface area contributed by atoms with Crippen molar-refractivity contribution in [2.24, 2.45) is 0 Å². The van der Waals surface area contributed by atoms with Gasteiger partial charge in [-0.25, -0.2) is 0 Å². The maximum absolute atomic E-state index is 12.5. The van der Waals surface area contributed by atoms with Crippen molar-refractivity contribution in [1.29, 1.82) is 0 Å². The molecule has 164 valence electrons. The fraction of sp³-hybridized carbons (Fsp3) is 0.182. The zero-order valence-corrected chi connectivity index (χ0v) is 17.5. The lowest BCUT2D eigenvalue weighted by Gasteiger charge is -2.26. The first-order valence-electron chi connectivity index (χ1n) is 9.75. The molecule has 2 aromatic carbocycles. The molecule has 10 heteroatoms. The Kier molecular flexibility index (Phi) is 6.20. The van der Waals surface area contributed by atoms with Crippen LogP contribution in [0.2, 0.25) is 5.02 Å². The molecule has 4 rings (SSSR count). The number of halogens is 1. The molecule has 0 saturated carbocycles. The highest BCUT2D eigenvalue weighted by Crippen LogP contribution is 2.32. The van der Waals surface area contributed by atoms with Crippen LogP contribution in [0.3, 0.4) is 0 Å². The quantitative estimate of drug-likeness (QED) is 0.454. The summed E-state index contributed by atoms with van der Waals surface area (Å²) in [6.07, 6.45) is 0. The van der Waals surface area contributed by atoms with E-state index in [4.69, 9.17) is 20.8 Å². The van der Waals surface area contributed by atoms with E-state index in [0.717, 1.165) is 0 Å². The van der Waals surface area contributed by atoms with Crippen molar-refractivity contribution in [3.8, 4) is 11.3 Å². The fourth-order valence-corrected chi connectivity index (χ4v) is 3.53. The smallest absolute Gasteiger partial charge is 0.291 e. The summed E-state index contributed by atoms with van der Waals surface area (Å²) < 4.78 is 10.8. The lowest BCUT2D eigenvalue weighted by molar-refractivity contribution is -0.384. The molecule has 3 aromatic rings. The Morgan fingerprint density at radius 2 is 1.75 bits per heavy atom. The van der Waals surface area contributed by atoms with E-state index < -0.39 is 10.8 Å². The van der Waals surface area contributed by atoms with Crippen molar-refractivity contribution in [1.82, 2.24) is 4.90 Å². The van der Waals surface area contributed by atoms with Crippen molar-refractivity contribution in [3.63, 3.8) is 0 Å². The van der Waals surface area contributed by atoms with Crippen LogP contribution in [0.25, 0.3) is 11.3 Å². The number of non-ortho nitro benzene ring substituents is 1. The number of benzene rings is 2. The number of nitro groups is 1. The summed E-state index contributed by atoms with van der Waals surface area (Å²) in [6, 6.07) is 13.6. The predicted molar refractivity (Wildman–Crippen MR) is 117 cm³/mol. The lowest BCUT2D eigenvalue weighted by atomic mass is 10.1. The largest absolute Gasteiger partial charge is 0.451 e. The molecule has 1 saturated heterocycles. The van der Waals surface area contributed by atoms with E-state index in [1.54, 1.807) is 35.2 Å². The first kappa shape index (κ1) is 21.5. The van der Waals surface area contributed by atoms with Crippen LogP contribution >= 0.6 is 11.6 Å². The summed E-state index contributed by atoms with van der Waals surface area (Å²) in [5.74, 6) is -0.215. The van der Waals surface area contributed by atoms with Gasteiger partial charge in [-0.15, -0.1) is 0 Å². The van der Waals surface area contributed by atoms with E-state index in [9.17, 15) is 19.7 Å². The Hall–Kier alpha value is -3.69. The number of furan rings is 1. The van der Waals surface area contributed by atoms with Gasteiger partial charge < -0.3 is 19.4 Å². The molecule has 1 fully saturated rings. The van der Waals surface area contributed by atoms with Crippen LogP contribution in [0, 0.1) is 10.1 Å².